The van der Waals surface area contributed by atoms with Crippen molar-refractivity contribution in [3.63, 3.8) is 0 Å². The monoisotopic (exact) mass is 331 g/mol. The molecule has 1 amide bonds. The van der Waals surface area contributed by atoms with Gasteiger partial charge in [0.05, 0.1) is 17.8 Å². The molecular formula is C13H18BrNO4. The number of hydrogen-bond donors (Lipinski definition) is 1. The molecule has 0 spiro atoms. The average Bonchev–Trinajstić information content (AvgIpc) is 2.84. The second kappa shape index (κ2) is 7.33. The molecule has 0 saturated carbocycles. The summed E-state index contributed by atoms with van der Waals surface area (Å²) in [6.45, 7) is 3.94. The molecule has 0 aromatic carbocycles. The minimum atomic E-state index is -0.663. The number of ether oxygens (including phenoxy) is 1. The van der Waals surface area contributed by atoms with Gasteiger partial charge in [0, 0.05) is 0 Å². The quantitative estimate of drug-likeness (QED) is 0.814. The first kappa shape index (κ1) is 15.8. The maximum atomic E-state index is 12.1. The van der Waals surface area contributed by atoms with Crippen LogP contribution in [0, 0.1) is 5.92 Å². The number of carbonyl (C=O) groups is 2. The normalized spacial score (nSPS) is 12.3. The fraction of sp³-hybridized carbons (Fsp3) is 0.538. The molecule has 1 heterocycles. The Morgan fingerprint density at radius 3 is 2.47 bits per heavy atom. The number of rotatable bonds is 6. The summed E-state index contributed by atoms with van der Waals surface area (Å²) in [5.74, 6) is -0.686. The smallest absolute Gasteiger partial charge is 0.328 e. The fourth-order valence-electron chi connectivity index (χ4n) is 1.92. The van der Waals surface area contributed by atoms with Gasteiger partial charge in [0.25, 0.3) is 5.91 Å². The lowest BCUT2D eigenvalue weighted by Crippen LogP contribution is -2.46. The van der Waals surface area contributed by atoms with Gasteiger partial charge in [-0.1, -0.05) is 26.7 Å². The number of amides is 1. The van der Waals surface area contributed by atoms with Crippen LogP contribution in [0.2, 0.25) is 0 Å². The number of hydrogen-bond acceptors (Lipinski definition) is 4. The summed E-state index contributed by atoms with van der Waals surface area (Å²) in [7, 11) is 1.31. The molecule has 19 heavy (non-hydrogen) atoms. The van der Waals surface area contributed by atoms with E-state index in [4.69, 9.17) is 9.15 Å². The van der Waals surface area contributed by atoms with Crippen LogP contribution >= 0.6 is 15.9 Å². The van der Waals surface area contributed by atoms with E-state index in [1.165, 1.54) is 13.4 Å². The molecule has 0 bridgehead atoms. The largest absolute Gasteiger partial charge is 0.467 e. The van der Waals surface area contributed by atoms with Crippen molar-refractivity contribution >= 4 is 27.8 Å². The van der Waals surface area contributed by atoms with Crippen molar-refractivity contribution in [1.82, 2.24) is 5.32 Å². The Kier molecular flexibility index (Phi) is 6.08. The van der Waals surface area contributed by atoms with Crippen LogP contribution in [0.25, 0.3) is 0 Å². The van der Waals surface area contributed by atoms with E-state index in [9.17, 15) is 9.59 Å². The highest BCUT2D eigenvalue weighted by atomic mass is 79.9. The second-order valence-corrected chi connectivity index (χ2v) is 5.00. The van der Waals surface area contributed by atoms with Gasteiger partial charge < -0.3 is 14.5 Å². The van der Waals surface area contributed by atoms with Gasteiger partial charge in [-0.3, -0.25) is 4.79 Å². The molecule has 1 aromatic heterocycles. The summed E-state index contributed by atoms with van der Waals surface area (Å²) in [4.78, 5) is 23.8. The third-order valence-corrected chi connectivity index (χ3v) is 3.71. The number of halogens is 1. The molecular weight excluding hydrogens is 314 g/mol. The van der Waals surface area contributed by atoms with Gasteiger partial charge in [-0.2, -0.15) is 0 Å². The molecule has 1 aromatic rings. The summed E-state index contributed by atoms with van der Waals surface area (Å²) >= 11 is 3.21. The first-order chi connectivity index (χ1) is 9.04. The van der Waals surface area contributed by atoms with Crippen molar-refractivity contribution in [3.05, 3.63) is 22.6 Å². The molecule has 0 fully saturated rings. The van der Waals surface area contributed by atoms with Crippen LogP contribution in [0.3, 0.4) is 0 Å². The first-order valence-electron chi connectivity index (χ1n) is 6.16. The summed E-state index contributed by atoms with van der Waals surface area (Å²) in [5, 5.41) is 2.68. The molecule has 0 aliphatic carbocycles. The Bertz CT molecular complexity index is 440. The van der Waals surface area contributed by atoms with Crippen LogP contribution in [0.15, 0.2) is 21.2 Å². The molecule has 106 valence electrons. The minimum absolute atomic E-state index is 0.0325. The van der Waals surface area contributed by atoms with Crippen LogP contribution in [0.1, 0.15) is 37.2 Å². The molecule has 5 nitrogen and oxygen atoms in total. The van der Waals surface area contributed by atoms with E-state index < -0.39 is 17.9 Å². The van der Waals surface area contributed by atoms with E-state index in [2.05, 4.69) is 21.2 Å². The summed E-state index contributed by atoms with van der Waals surface area (Å²) in [5.41, 5.74) is 0. The van der Waals surface area contributed by atoms with Crippen LogP contribution in [0.5, 0.6) is 0 Å². The van der Waals surface area contributed by atoms with E-state index >= 15 is 0 Å². The van der Waals surface area contributed by atoms with E-state index in [0.717, 1.165) is 12.8 Å². The molecule has 0 saturated heterocycles. The predicted octanol–water partition coefficient (Wildman–Crippen LogP) is 2.75. The van der Waals surface area contributed by atoms with E-state index in [-0.39, 0.29) is 11.7 Å². The molecule has 0 unspecified atom stereocenters. The molecule has 6 heteroatoms. The third kappa shape index (κ3) is 3.83. The van der Waals surface area contributed by atoms with Crippen LogP contribution in [0.4, 0.5) is 0 Å². The number of carbonyl (C=O) groups excluding carboxylic acids is 2. The lowest BCUT2D eigenvalue weighted by molar-refractivity contribution is -0.144. The molecule has 1 atom stereocenters. The number of esters is 1. The van der Waals surface area contributed by atoms with Gasteiger partial charge in [-0.05, 0) is 27.9 Å². The summed E-state index contributed by atoms with van der Waals surface area (Å²) < 4.78 is 10.4. The zero-order valence-corrected chi connectivity index (χ0v) is 12.8. The highest BCUT2D eigenvalue weighted by molar-refractivity contribution is 9.10. The van der Waals surface area contributed by atoms with Crippen LogP contribution in [-0.2, 0) is 9.53 Å². The van der Waals surface area contributed by atoms with Crippen molar-refractivity contribution in [2.45, 2.75) is 32.7 Å². The average molecular weight is 332 g/mol. The molecule has 0 aliphatic heterocycles. The molecule has 1 rings (SSSR count). The number of methoxy groups -OCH3 is 1. The highest BCUT2D eigenvalue weighted by Gasteiger charge is 2.30. The van der Waals surface area contributed by atoms with E-state index in [1.807, 2.05) is 13.8 Å². The predicted molar refractivity (Wildman–Crippen MR) is 73.8 cm³/mol. The fourth-order valence-corrected chi connectivity index (χ4v) is 2.30. The van der Waals surface area contributed by atoms with Crippen molar-refractivity contribution in [1.29, 1.82) is 0 Å². The van der Waals surface area contributed by atoms with Gasteiger partial charge in [0.2, 0.25) is 5.76 Å². The molecule has 0 aliphatic rings. The van der Waals surface area contributed by atoms with Gasteiger partial charge >= 0.3 is 5.97 Å². The van der Waals surface area contributed by atoms with Gasteiger partial charge in [-0.25, -0.2) is 4.79 Å². The number of furan rings is 1. The Morgan fingerprint density at radius 2 is 2.05 bits per heavy atom. The Morgan fingerprint density at radius 1 is 1.42 bits per heavy atom. The Labute approximate surface area is 120 Å². The Balaban J connectivity index is 2.86. The van der Waals surface area contributed by atoms with Crippen molar-refractivity contribution in [3.8, 4) is 0 Å². The maximum absolute atomic E-state index is 12.1. The lowest BCUT2D eigenvalue weighted by Gasteiger charge is -2.23. The first-order valence-corrected chi connectivity index (χ1v) is 6.96. The van der Waals surface area contributed by atoms with E-state index in [1.54, 1.807) is 6.07 Å². The number of nitrogens with one attached hydrogen (secondary N) is 1. The summed E-state index contributed by atoms with van der Waals surface area (Å²) in [6.07, 6.45) is 2.95. The summed E-state index contributed by atoms with van der Waals surface area (Å²) in [6, 6.07) is 0.962. The van der Waals surface area contributed by atoms with Crippen molar-refractivity contribution in [2.75, 3.05) is 7.11 Å². The minimum Gasteiger partial charge on any atom is -0.467 e. The van der Waals surface area contributed by atoms with Crippen LogP contribution < -0.4 is 5.32 Å². The molecule has 0 radical (unpaired) electrons. The third-order valence-electron chi connectivity index (χ3n) is 3.09. The zero-order chi connectivity index (χ0) is 14.4. The maximum Gasteiger partial charge on any atom is 0.328 e. The SMILES string of the molecule is CCC(CC)[C@H](NC(=O)c1occc1Br)C(=O)OC. The second-order valence-electron chi connectivity index (χ2n) is 4.15. The van der Waals surface area contributed by atoms with Crippen molar-refractivity contribution < 1.29 is 18.7 Å². The van der Waals surface area contributed by atoms with E-state index in [0.29, 0.717) is 4.47 Å². The van der Waals surface area contributed by atoms with Gasteiger partial charge in [0.1, 0.15) is 6.04 Å². The van der Waals surface area contributed by atoms with Crippen LogP contribution in [-0.4, -0.2) is 25.0 Å². The standard InChI is InChI=1S/C13H18BrNO4/c1-4-8(5-2)10(13(17)18-3)15-12(16)11-9(14)6-7-19-11/h6-8,10H,4-5H2,1-3H3,(H,15,16)/t10-/m0/s1. The van der Waals surface area contributed by atoms with Gasteiger partial charge in [-0.15, -0.1) is 0 Å². The highest BCUT2D eigenvalue weighted by Crippen LogP contribution is 2.19. The van der Waals surface area contributed by atoms with Gasteiger partial charge in [0.15, 0.2) is 0 Å². The zero-order valence-electron chi connectivity index (χ0n) is 11.2. The Hall–Kier alpha value is -1.30. The molecule has 1 N–H and O–H groups in total. The lowest BCUT2D eigenvalue weighted by atomic mass is 9.94. The van der Waals surface area contributed by atoms with Crippen molar-refractivity contribution in [2.24, 2.45) is 5.92 Å². The topological polar surface area (TPSA) is 68.5 Å².